The first kappa shape index (κ1) is 37.2. The van der Waals surface area contributed by atoms with E-state index in [1.165, 1.54) is 72.0 Å². The summed E-state index contributed by atoms with van der Waals surface area (Å²) in [5, 5.41) is 8.79. The van der Waals surface area contributed by atoms with Crippen molar-refractivity contribution in [2.24, 2.45) is 0 Å². The average Bonchev–Trinajstić information content (AvgIpc) is 3.90. The number of para-hydroxylation sites is 2. The van der Waals surface area contributed by atoms with Crippen LogP contribution in [0, 0.1) is 0 Å². The first-order chi connectivity index (χ1) is 29.4. The van der Waals surface area contributed by atoms with E-state index in [0.29, 0.717) is 6.67 Å². The number of pyridine rings is 1. The van der Waals surface area contributed by atoms with E-state index in [1.54, 1.807) is 0 Å². The smallest absolute Gasteiger partial charge is 0.129 e. The van der Waals surface area contributed by atoms with Gasteiger partial charge in [-0.3, -0.25) is 0 Å². The Morgan fingerprint density at radius 3 is 1.84 bits per heavy atom. The van der Waals surface area contributed by atoms with Gasteiger partial charge in [-0.05, 0) is 87.0 Å². The van der Waals surface area contributed by atoms with Crippen LogP contribution in [0.25, 0.3) is 49.4 Å². The summed E-state index contributed by atoms with van der Waals surface area (Å²) in [6.45, 7) is 17.0. The molecule has 61 heavy (non-hydrogen) atoms. The number of hydrogen-bond acceptors (Lipinski definition) is 4. The molecule has 0 saturated heterocycles. The first-order valence-electron chi connectivity index (χ1n) is 21.5. The van der Waals surface area contributed by atoms with Crippen molar-refractivity contribution in [3.8, 4) is 33.8 Å². The zero-order chi connectivity index (χ0) is 41.8. The van der Waals surface area contributed by atoms with Gasteiger partial charge in [-0.1, -0.05) is 146 Å². The second-order valence-electron chi connectivity index (χ2n) is 19.0. The Hall–Kier alpha value is -6.85. The molecule has 0 bridgehead atoms. The molecule has 300 valence electrons. The average molecular weight is 795 g/mol. The second-order valence-corrected chi connectivity index (χ2v) is 19.0. The van der Waals surface area contributed by atoms with E-state index in [4.69, 9.17) is 9.84 Å². The van der Waals surface area contributed by atoms with Gasteiger partial charge in [0.15, 0.2) is 0 Å². The van der Waals surface area contributed by atoms with E-state index in [0.717, 1.165) is 28.4 Å². The quantitative estimate of drug-likeness (QED) is 0.157. The van der Waals surface area contributed by atoms with Gasteiger partial charge in [0, 0.05) is 50.7 Å². The van der Waals surface area contributed by atoms with Gasteiger partial charge in [0.25, 0.3) is 0 Å². The van der Waals surface area contributed by atoms with Gasteiger partial charge in [-0.25, -0.2) is 4.52 Å². The van der Waals surface area contributed by atoms with Crippen molar-refractivity contribution < 1.29 is 4.74 Å². The number of ether oxygens (including phenoxy) is 1. The van der Waals surface area contributed by atoms with Crippen molar-refractivity contribution >= 4 is 49.9 Å². The van der Waals surface area contributed by atoms with Gasteiger partial charge in [-0.15, -0.1) is 0 Å². The fraction of sp³-hybridized carbons (Fsp3) is 0.196. The zero-order valence-electron chi connectivity index (χ0n) is 36.0. The van der Waals surface area contributed by atoms with Crippen molar-refractivity contribution in [3.63, 3.8) is 0 Å². The summed E-state index contributed by atoms with van der Waals surface area (Å²) >= 11 is 0. The lowest BCUT2D eigenvalue weighted by Gasteiger charge is -2.45. The lowest BCUT2D eigenvalue weighted by molar-refractivity contribution is 0.304. The van der Waals surface area contributed by atoms with Gasteiger partial charge >= 0.3 is 0 Å². The van der Waals surface area contributed by atoms with Crippen LogP contribution in [-0.2, 0) is 16.2 Å². The molecule has 0 saturated carbocycles. The molecule has 9 aromatic rings. The maximum Gasteiger partial charge on any atom is 0.129 e. The molecule has 2 aliphatic rings. The summed E-state index contributed by atoms with van der Waals surface area (Å²) in [6, 6.07) is 57.0. The van der Waals surface area contributed by atoms with Crippen LogP contribution in [0.15, 0.2) is 164 Å². The normalized spacial score (nSPS) is 15.3. The minimum Gasteiger partial charge on any atom is -0.457 e. The van der Waals surface area contributed by atoms with E-state index in [2.05, 4.69) is 227 Å². The van der Waals surface area contributed by atoms with Crippen LogP contribution in [-0.4, -0.2) is 16.3 Å². The van der Waals surface area contributed by atoms with Gasteiger partial charge in [0.1, 0.15) is 18.2 Å². The third-order valence-corrected chi connectivity index (χ3v) is 14.0. The van der Waals surface area contributed by atoms with Crippen molar-refractivity contribution in [3.05, 3.63) is 181 Å². The fourth-order valence-electron chi connectivity index (χ4n) is 9.94. The van der Waals surface area contributed by atoms with Crippen LogP contribution in [0.1, 0.15) is 65.2 Å². The Morgan fingerprint density at radius 1 is 0.557 bits per heavy atom. The molecule has 7 aromatic carbocycles. The minimum absolute atomic E-state index is 0.0427. The fourth-order valence-corrected chi connectivity index (χ4v) is 9.94. The van der Waals surface area contributed by atoms with E-state index >= 15 is 0 Å². The second kappa shape index (κ2) is 13.3. The Morgan fingerprint density at radius 2 is 1.16 bits per heavy atom. The largest absolute Gasteiger partial charge is 0.457 e. The molecule has 1 aliphatic carbocycles. The predicted octanol–water partition coefficient (Wildman–Crippen LogP) is 14.9. The molecule has 0 N–H and O–H groups in total. The molecule has 2 aromatic heterocycles. The van der Waals surface area contributed by atoms with Crippen LogP contribution < -0.4 is 14.5 Å². The summed E-state index contributed by atoms with van der Waals surface area (Å²) in [4.78, 5) is 4.91. The van der Waals surface area contributed by atoms with E-state index in [9.17, 15) is 0 Å². The molecule has 0 radical (unpaired) electrons. The predicted molar refractivity (Wildman–Crippen MR) is 254 cm³/mol. The highest BCUT2D eigenvalue weighted by atomic mass is 16.5. The number of hydrogen-bond donors (Lipinski definition) is 0. The topological polar surface area (TPSA) is 33.0 Å². The van der Waals surface area contributed by atoms with Gasteiger partial charge in [-0.2, -0.15) is 5.10 Å². The van der Waals surface area contributed by atoms with E-state index in [1.807, 2.05) is 0 Å². The number of nitrogens with zero attached hydrogens (tertiary/aromatic N) is 4. The monoisotopic (exact) mass is 794 g/mol. The summed E-state index contributed by atoms with van der Waals surface area (Å²) < 4.78 is 8.93. The highest BCUT2D eigenvalue weighted by Crippen LogP contribution is 2.54. The molecular weight excluding hydrogens is 745 g/mol. The van der Waals surface area contributed by atoms with Gasteiger partial charge < -0.3 is 14.5 Å². The lowest BCUT2D eigenvalue weighted by Crippen LogP contribution is -2.42. The van der Waals surface area contributed by atoms with Crippen LogP contribution >= 0.6 is 0 Å². The van der Waals surface area contributed by atoms with E-state index in [-0.39, 0.29) is 16.2 Å². The Kier molecular flexibility index (Phi) is 8.12. The highest BCUT2D eigenvalue weighted by Gasteiger charge is 2.46. The molecule has 3 heterocycles. The number of rotatable bonds is 6. The SMILES string of the molecule is CC(C)(C)c1cc(-c2ccccc2)c(N2CN(c3cccc(Oc4ccc5c6cccc7c6c6c(cnn6c5c4)C(C)(C)C7(C)C)c3)c3ccccc32)c(-c2ccccc2)c1. The van der Waals surface area contributed by atoms with Crippen molar-refractivity contribution in [2.75, 3.05) is 16.5 Å². The zero-order valence-corrected chi connectivity index (χ0v) is 36.0. The van der Waals surface area contributed by atoms with Crippen LogP contribution in [0.4, 0.5) is 22.7 Å². The molecule has 11 rings (SSSR count). The maximum absolute atomic E-state index is 6.78. The summed E-state index contributed by atoms with van der Waals surface area (Å²) in [6.07, 6.45) is 2.09. The van der Waals surface area contributed by atoms with Gasteiger partial charge in [0.05, 0.1) is 34.3 Å². The van der Waals surface area contributed by atoms with Crippen LogP contribution in [0.2, 0.25) is 0 Å². The third-order valence-electron chi connectivity index (χ3n) is 14.0. The molecule has 0 atom stereocenters. The molecule has 5 nitrogen and oxygen atoms in total. The third kappa shape index (κ3) is 5.63. The Bertz CT molecular complexity index is 3130. The lowest BCUT2D eigenvalue weighted by atomic mass is 9.58. The summed E-state index contributed by atoms with van der Waals surface area (Å²) in [7, 11) is 0. The van der Waals surface area contributed by atoms with Crippen molar-refractivity contribution in [2.45, 2.75) is 64.7 Å². The maximum atomic E-state index is 6.78. The molecule has 0 fully saturated rings. The molecule has 5 heteroatoms. The Labute approximate surface area is 358 Å². The molecule has 0 spiro atoms. The first-order valence-corrected chi connectivity index (χ1v) is 21.5. The van der Waals surface area contributed by atoms with Crippen LogP contribution in [0.3, 0.4) is 0 Å². The van der Waals surface area contributed by atoms with Gasteiger partial charge in [0.2, 0.25) is 0 Å². The van der Waals surface area contributed by atoms with Crippen molar-refractivity contribution in [1.82, 2.24) is 9.61 Å². The van der Waals surface area contributed by atoms with E-state index < -0.39 is 0 Å². The standard InChI is InChI=1S/C56H50N4O/c1-54(2,3)38-30-44(36-18-10-8-11-19-36)52(45(31-38)37-20-12-9-13-21-37)59-35-58(48-26-14-15-27-49(48)59)39-22-16-23-40(32-39)61-41-28-29-42-43-24-17-25-46-51(43)53-47(56(6,7)55(46,4)5)34-57-60(53)50(42)33-41/h8-34H,35H2,1-7H3. The minimum atomic E-state index is -0.0931. The number of anilines is 4. The summed E-state index contributed by atoms with van der Waals surface area (Å²) in [5.41, 5.74) is 15.4. The van der Waals surface area contributed by atoms with Crippen LogP contribution in [0.5, 0.6) is 11.5 Å². The van der Waals surface area contributed by atoms with Crippen molar-refractivity contribution in [1.29, 1.82) is 0 Å². The molecule has 1 aliphatic heterocycles. The number of benzene rings is 7. The Balaban J connectivity index is 1.00. The molecular formula is C56H50N4O. The number of aromatic nitrogens is 2. The highest BCUT2D eigenvalue weighted by molar-refractivity contribution is 6.16. The summed E-state index contributed by atoms with van der Waals surface area (Å²) in [5.74, 6) is 1.55. The number of fused-ring (bicyclic) bond motifs is 4. The molecule has 0 unspecified atom stereocenters. The molecule has 0 amide bonds.